The van der Waals surface area contributed by atoms with Gasteiger partial charge in [-0.25, -0.2) is 9.37 Å². The summed E-state index contributed by atoms with van der Waals surface area (Å²) in [6.45, 7) is 0. The second kappa shape index (κ2) is 8.27. The number of nitrogens with zero attached hydrogens (tertiary/aromatic N) is 2. The number of halogens is 1. The molecule has 0 saturated carbocycles. The van der Waals surface area contributed by atoms with Crippen molar-refractivity contribution in [2.45, 2.75) is 5.75 Å². The Morgan fingerprint density at radius 1 is 1.16 bits per heavy atom. The Labute approximate surface area is 154 Å². The van der Waals surface area contributed by atoms with E-state index in [1.54, 1.807) is 35.8 Å². The van der Waals surface area contributed by atoms with Gasteiger partial charge in [-0.2, -0.15) is 0 Å². The number of aromatic nitrogens is 1. The molecule has 0 aliphatic heterocycles. The van der Waals surface area contributed by atoms with E-state index in [1.807, 2.05) is 35.7 Å². The molecule has 0 atom stereocenters. The number of amides is 1. The normalized spacial score (nSPS) is 10.6. The summed E-state index contributed by atoms with van der Waals surface area (Å²) in [5.41, 5.74) is 2.73. The molecule has 1 amide bonds. The Balaban J connectivity index is 1.52. The van der Waals surface area contributed by atoms with Gasteiger partial charge in [0.1, 0.15) is 10.8 Å². The van der Waals surface area contributed by atoms with Crippen LogP contribution in [0, 0.1) is 5.82 Å². The predicted octanol–water partition coefficient (Wildman–Crippen LogP) is 4.85. The highest BCUT2D eigenvalue weighted by molar-refractivity contribution is 7.99. The SMILES string of the molecule is CN(C(=O)CSCc1csc(-c2ccc(F)cc2)n1)c1ccccc1. The Kier molecular flexibility index (Phi) is 5.83. The first-order chi connectivity index (χ1) is 12.1. The van der Waals surface area contributed by atoms with Crippen LogP contribution < -0.4 is 4.90 Å². The van der Waals surface area contributed by atoms with Gasteiger partial charge in [0, 0.05) is 29.4 Å². The molecule has 0 aliphatic rings. The molecule has 0 saturated heterocycles. The van der Waals surface area contributed by atoms with E-state index in [0.717, 1.165) is 22.0 Å². The monoisotopic (exact) mass is 372 g/mol. The summed E-state index contributed by atoms with van der Waals surface area (Å²) in [6, 6.07) is 15.9. The van der Waals surface area contributed by atoms with Crippen molar-refractivity contribution in [3.05, 3.63) is 71.5 Å². The minimum absolute atomic E-state index is 0.0604. The number of anilines is 1. The topological polar surface area (TPSA) is 33.2 Å². The largest absolute Gasteiger partial charge is 0.315 e. The molecule has 0 spiro atoms. The van der Waals surface area contributed by atoms with Gasteiger partial charge in [0.15, 0.2) is 0 Å². The fraction of sp³-hybridized carbons (Fsp3) is 0.158. The molecule has 3 aromatic rings. The lowest BCUT2D eigenvalue weighted by molar-refractivity contribution is -0.115. The zero-order chi connectivity index (χ0) is 17.6. The van der Waals surface area contributed by atoms with Crippen LogP contribution in [0.3, 0.4) is 0 Å². The van der Waals surface area contributed by atoms with Crippen LogP contribution in [0.4, 0.5) is 10.1 Å². The fourth-order valence-corrected chi connectivity index (χ4v) is 3.99. The summed E-state index contributed by atoms with van der Waals surface area (Å²) in [5, 5.41) is 2.85. The van der Waals surface area contributed by atoms with Crippen molar-refractivity contribution in [2.24, 2.45) is 0 Å². The molecule has 0 fully saturated rings. The van der Waals surface area contributed by atoms with E-state index < -0.39 is 0 Å². The summed E-state index contributed by atoms with van der Waals surface area (Å²) in [5.74, 6) is 0.878. The number of hydrogen-bond acceptors (Lipinski definition) is 4. The first-order valence-electron chi connectivity index (χ1n) is 7.73. The molecular weight excluding hydrogens is 355 g/mol. The molecule has 2 aromatic carbocycles. The van der Waals surface area contributed by atoms with E-state index >= 15 is 0 Å². The van der Waals surface area contributed by atoms with Crippen molar-refractivity contribution >= 4 is 34.7 Å². The zero-order valence-corrected chi connectivity index (χ0v) is 15.3. The minimum Gasteiger partial charge on any atom is -0.315 e. The van der Waals surface area contributed by atoms with Crippen molar-refractivity contribution in [1.29, 1.82) is 0 Å². The third-order valence-corrected chi connectivity index (χ3v) is 5.53. The van der Waals surface area contributed by atoms with E-state index in [9.17, 15) is 9.18 Å². The lowest BCUT2D eigenvalue weighted by Gasteiger charge is -2.16. The first-order valence-corrected chi connectivity index (χ1v) is 9.76. The van der Waals surface area contributed by atoms with Gasteiger partial charge in [0.25, 0.3) is 0 Å². The van der Waals surface area contributed by atoms with Crippen LogP contribution in [-0.4, -0.2) is 23.7 Å². The average Bonchev–Trinajstić information content (AvgIpc) is 3.11. The van der Waals surface area contributed by atoms with Gasteiger partial charge in [-0.05, 0) is 36.4 Å². The molecule has 0 N–H and O–H groups in total. The van der Waals surface area contributed by atoms with Gasteiger partial charge < -0.3 is 4.90 Å². The van der Waals surface area contributed by atoms with Crippen LogP contribution in [0.5, 0.6) is 0 Å². The van der Waals surface area contributed by atoms with Crippen LogP contribution in [0.15, 0.2) is 60.0 Å². The Morgan fingerprint density at radius 3 is 2.60 bits per heavy atom. The third kappa shape index (κ3) is 4.67. The predicted molar refractivity (Wildman–Crippen MR) is 104 cm³/mol. The highest BCUT2D eigenvalue weighted by Gasteiger charge is 2.11. The molecule has 6 heteroatoms. The quantitative estimate of drug-likeness (QED) is 0.620. The zero-order valence-electron chi connectivity index (χ0n) is 13.7. The molecule has 3 rings (SSSR count). The van der Waals surface area contributed by atoms with Crippen LogP contribution in [0.2, 0.25) is 0 Å². The number of hydrogen-bond donors (Lipinski definition) is 0. The fourth-order valence-electron chi connectivity index (χ4n) is 2.23. The third-order valence-electron chi connectivity index (χ3n) is 3.64. The summed E-state index contributed by atoms with van der Waals surface area (Å²) in [7, 11) is 1.79. The molecule has 0 bridgehead atoms. The Morgan fingerprint density at radius 2 is 1.88 bits per heavy atom. The van der Waals surface area contributed by atoms with Gasteiger partial charge >= 0.3 is 0 Å². The molecule has 0 aliphatic carbocycles. The molecule has 1 heterocycles. The Bertz CT molecular complexity index is 834. The van der Waals surface area contributed by atoms with Crippen LogP contribution in [0.1, 0.15) is 5.69 Å². The molecular formula is C19H17FN2OS2. The van der Waals surface area contributed by atoms with Gasteiger partial charge in [-0.15, -0.1) is 23.1 Å². The van der Waals surface area contributed by atoms with Gasteiger partial charge in [-0.3, -0.25) is 4.79 Å². The van der Waals surface area contributed by atoms with Crippen molar-refractivity contribution in [1.82, 2.24) is 4.98 Å². The number of thiazole rings is 1. The highest BCUT2D eigenvalue weighted by atomic mass is 32.2. The van der Waals surface area contributed by atoms with Gasteiger partial charge in [0.05, 0.1) is 11.4 Å². The van der Waals surface area contributed by atoms with E-state index in [4.69, 9.17) is 0 Å². The number of thioether (sulfide) groups is 1. The lowest BCUT2D eigenvalue weighted by Crippen LogP contribution is -2.27. The number of rotatable bonds is 6. The summed E-state index contributed by atoms with van der Waals surface area (Å²) in [6.07, 6.45) is 0. The van der Waals surface area contributed by atoms with Crippen molar-refractivity contribution in [3.8, 4) is 10.6 Å². The van der Waals surface area contributed by atoms with E-state index in [1.165, 1.54) is 23.5 Å². The summed E-state index contributed by atoms with van der Waals surface area (Å²) >= 11 is 3.07. The van der Waals surface area contributed by atoms with Gasteiger partial charge in [-0.1, -0.05) is 18.2 Å². The Hall–Kier alpha value is -2.18. The minimum atomic E-state index is -0.253. The second-order valence-corrected chi connectivity index (χ2v) is 7.28. The maximum Gasteiger partial charge on any atom is 0.236 e. The lowest BCUT2D eigenvalue weighted by atomic mass is 10.2. The number of carbonyl (C=O) groups excluding carboxylic acids is 1. The van der Waals surface area contributed by atoms with Gasteiger partial charge in [0.2, 0.25) is 5.91 Å². The van der Waals surface area contributed by atoms with E-state index in [-0.39, 0.29) is 11.7 Å². The molecule has 25 heavy (non-hydrogen) atoms. The number of para-hydroxylation sites is 1. The van der Waals surface area contributed by atoms with Crippen LogP contribution in [-0.2, 0) is 10.5 Å². The van der Waals surface area contributed by atoms with Crippen molar-refractivity contribution in [2.75, 3.05) is 17.7 Å². The second-order valence-electron chi connectivity index (χ2n) is 5.43. The standard InChI is InChI=1S/C19H17FN2OS2/c1-22(17-5-3-2-4-6-17)18(23)13-24-11-16-12-25-19(21-16)14-7-9-15(20)10-8-14/h2-10,12H,11,13H2,1H3. The average molecular weight is 372 g/mol. The van der Waals surface area contributed by atoms with E-state index in [0.29, 0.717) is 11.5 Å². The summed E-state index contributed by atoms with van der Waals surface area (Å²) in [4.78, 5) is 18.5. The van der Waals surface area contributed by atoms with Crippen molar-refractivity contribution in [3.63, 3.8) is 0 Å². The van der Waals surface area contributed by atoms with E-state index in [2.05, 4.69) is 4.98 Å². The van der Waals surface area contributed by atoms with Crippen molar-refractivity contribution < 1.29 is 9.18 Å². The molecule has 0 radical (unpaired) electrons. The van der Waals surface area contributed by atoms with Crippen LogP contribution in [0.25, 0.3) is 10.6 Å². The van der Waals surface area contributed by atoms with Crippen LogP contribution >= 0.6 is 23.1 Å². The highest BCUT2D eigenvalue weighted by Crippen LogP contribution is 2.25. The molecule has 128 valence electrons. The molecule has 3 nitrogen and oxygen atoms in total. The molecule has 0 unspecified atom stereocenters. The maximum atomic E-state index is 13.0. The number of benzene rings is 2. The molecule has 1 aromatic heterocycles. The first kappa shape index (κ1) is 17.6. The number of carbonyl (C=O) groups is 1. The smallest absolute Gasteiger partial charge is 0.236 e. The summed E-state index contributed by atoms with van der Waals surface area (Å²) < 4.78 is 13.0. The maximum absolute atomic E-state index is 13.0.